The molecule has 1 rings (SSSR count). The number of rotatable bonds is 6. The molecule has 0 aromatic heterocycles. The molecule has 18 heavy (non-hydrogen) atoms. The number of ether oxygens (including phenoxy) is 2. The van der Waals surface area contributed by atoms with Crippen LogP contribution >= 0.6 is 0 Å². The first-order chi connectivity index (χ1) is 8.67. The highest BCUT2D eigenvalue weighted by Gasteiger charge is 2.11. The standard InChI is InChI=1S/C14H17O4/c1-3-4-9-13(15)18-12-8-6-5-7-11(12)10-14(16)17-2/h5-8H,1,3-4,9-10H2,2H3. The minimum absolute atomic E-state index is 0.0925. The van der Waals surface area contributed by atoms with E-state index in [2.05, 4.69) is 11.7 Å². The molecule has 0 fully saturated rings. The molecule has 4 heteroatoms. The van der Waals surface area contributed by atoms with Crippen LogP contribution in [0.3, 0.4) is 0 Å². The van der Waals surface area contributed by atoms with Gasteiger partial charge in [0, 0.05) is 12.0 Å². The van der Waals surface area contributed by atoms with Gasteiger partial charge in [0.2, 0.25) is 0 Å². The second-order valence-electron chi connectivity index (χ2n) is 3.79. The van der Waals surface area contributed by atoms with Gasteiger partial charge in [-0.3, -0.25) is 9.59 Å². The maximum atomic E-state index is 11.5. The number of unbranched alkanes of at least 4 members (excludes halogenated alkanes) is 1. The van der Waals surface area contributed by atoms with Gasteiger partial charge in [0.25, 0.3) is 0 Å². The molecule has 0 unspecified atom stereocenters. The topological polar surface area (TPSA) is 52.6 Å². The van der Waals surface area contributed by atoms with Crippen molar-refractivity contribution in [3.63, 3.8) is 0 Å². The van der Waals surface area contributed by atoms with Crippen molar-refractivity contribution in [2.75, 3.05) is 7.11 Å². The number of benzene rings is 1. The average Bonchev–Trinajstić information content (AvgIpc) is 2.38. The Bertz CT molecular complexity index is 412. The number of para-hydroxylation sites is 1. The van der Waals surface area contributed by atoms with E-state index in [1.54, 1.807) is 24.3 Å². The van der Waals surface area contributed by atoms with Crippen molar-refractivity contribution in [2.45, 2.75) is 25.7 Å². The third kappa shape index (κ3) is 4.57. The van der Waals surface area contributed by atoms with Gasteiger partial charge < -0.3 is 9.47 Å². The molecular weight excluding hydrogens is 232 g/mol. The van der Waals surface area contributed by atoms with Gasteiger partial charge in [0.05, 0.1) is 13.5 Å². The first-order valence-corrected chi connectivity index (χ1v) is 5.82. The number of hydrogen-bond donors (Lipinski definition) is 0. The van der Waals surface area contributed by atoms with Crippen molar-refractivity contribution in [1.82, 2.24) is 0 Å². The Labute approximate surface area is 107 Å². The molecule has 0 aliphatic rings. The van der Waals surface area contributed by atoms with E-state index in [9.17, 15) is 9.59 Å². The molecule has 0 spiro atoms. The molecule has 0 heterocycles. The summed E-state index contributed by atoms with van der Waals surface area (Å²) >= 11 is 0. The minimum Gasteiger partial charge on any atom is -0.469 e. The highest BCUT2D eigenvalue weighted by molar-refractivity contribution is 5.76. The lowest BCUT2D eigenvalue weighted by Gasteiger charge is -2.08. The third-order valence-electron chi connectivity index (χ3n) is 2.39. The van der Waals surface area contributed by atoms with Crippen LogP contribution in [0.4, 0.5) is 0 Å². The largest absolute Gasteiger partial charge is 0.469 e. The highest BCUT2D eigenvalue weighted by atomic mass is 16.5. The second-order valence-corrected chi connectivity index (χ2v) is 3.79. The van der Waals surface area contributed by atoms with Crippen LogP contribution in [0.15, 0.2) is 24.3 Å². The number of carbonyl (C=O) groups is 2. The number of esters is 2. The van der Waals surface area contributed by atoms with Crippen LogP contribution in [0.5, 0.6) is 5.75 Å². The van der Waals surface area contributed by atoms with Crippen molar-refractivity contribution in [1.29, 1.82) is 0 Å². The maximum Gasteiger partial charge on any atom is 0.311 e. The fourth-order valence-electron chi connectivity index (χ4n) is 1.42. The molecule has 97 valence electrons. The molecule has 0 aliphatic carbocycles. The number of methoxy groups -OCH3 is 1. The number of hydrogen-bond acceptors (Lipinski definition) is 4. The summed E-state index contributed by atoms with van der Waals surface area (Å²) in [5, 5.41) is 0. The summed E-state index contributed by atoms with van der Waals surface area (Å²) in [6.07, 6.45) is 1.81. The Balaban J connectivity index is 2.69. The highest BCUT2D eigenvalue weighted by Crippen LogP contribution is 2.19. The maximum absolute atomic E-state index is 11.5. The summed E-state index contributed by atoms with van der Waals surface area (Å²) in [5.41, 5.74) is 0.646. The van der Waals surface area contributed by atoms with Gasteiger partial charge in [-0.05, 0) is 12.5 Å². The van der Waals surface area contributed by atoms with E-state index < -0.39 is 0 Å². The van der Waals surface area contributed by atoms with Crippen LogP contribution in [0.2, 0.25) is 0 Å². The monoisotopic (exact) mass is 249 g/mol. The summed E-state index contributed by atoms with van der Waals surface area (Å²) in [6, 6.07) is 6.94. The van der Waals surface area contributed by atoms with Crippen LogP contribution in [0.25, 0.3) is 0 Å². The average molecular weight is 249 g/mol. The van der Waals surface area contributed by atoms with Crippen LogP contribution in [0, 0.1) is 6.92 Å². The fraction of sp³-hybridized carbons (Fsp3) is 0.357. The van der Waals surface area contributed by atoms with Crippen molar-refractivity contribution in [3.05, 3.63) is 36.8 Å². The Morgan fingerprint density at radius 1 is 1.22 bits per heavy atom. The summed E-state index contributed by atoms with van der Waals surface area (Å²) in [6.45, 7) is 3.66. The van der Waals surface area contributed by atoms with E-state index in [1.165, 1.54) is 7.11 Å². The van der Waals surface area contributed by atoms with Gasteiger partial charge in [-0.2, -0.15) is 0 Å². The second kappa shape index (κ2) is 7.48. The molecule has 0 N–H and O–H groups in total. The van der Waals surface area contributed by atoms with Crippen LogP contribution in [0.1, 0.15) is 24.8 Å². The van der Waals surface area contributed by atoms with Crippen molar-refractivity contribution >= 4 is 11.9 Å². The zero-order valence-corrected chi connectivity index (χ0v) is 10.5. The van der Waals surface area contributed by atoms with Crippen molar-refractivity contribution in [2.24, 2.45) is 0 Å². The lowest BCUT2D eigenvalue weighted by atomic mass is 10.1. The van der Waals surface area contributed by atoms with E-state index in [4.69, 9.17) is 4.74 Å². The molecule has 1 aromatic rings. The van der Waals surface area contributed by atoms with Crippen LogP contribution < -0.4 is 4.74 Å². The number of carbonyl (C=O) groups excluding carboxylic acids is 2. The summed E-state index contributed by atoms with van der Waals surface area (Å²) < 4.78 is 9.81. The van der Waals surface area contributed by atoms with E-state index in [1.807, 2.05) is 0 Å². The van der Waals surface area contributed by atoms with Crippen molar-refractivity contribution in [3.8, 4) is 5.75 Å². The summed E-state index contributed by atoms with van der Waals surface area (Å²) in [7, 11) is 1.32. The Hall–Kier alpha value is -1.84. The molecule has 1 radical (unpaired) electrons. The minimum atomic E-state index is -0.365. The molecule has 0 saturated heterocycles. The van der Waals surface area contributed by atoms with Gasteiger partial charge >= 0.3 is 11.9 Å². The first kappa shape index (κ1) is 14.2. The van der Waals surface area contributed by atoms with E-state index in [-0.39, 0.29) is 18.4 Å². The summed E-state index contributed by atoms with van der Waals surface area (Å²) in [5.74, 6) is -0.260. The SMILES string of the molecule is [CH2]CCCC(=O)Oc1ccccc1CC(=O)OC. The van der Waals surface area contributed by atoms with Crippen LogP contribution in [-0.2, 0) is 20.7 Å². The zero-order chi connectivity index (χ0) is 13.4. The van der Waals surface area contributed by atoms with Crippen LogP contribution in [-0.4, -0.2) is 19.0 Å². The van der Waals surface area contributed by atoms with E-state index >= 15 is 0 Å². The van der Waals surface area contributed by atoms with Gasteiger partial charge in [-0.1, -0.05) is 31.5 Å². The van der Waals surface area contributed by atoms with E-state index in [0.29, 0.717) is 30.6 Å². The predicted octanol–water partition coefficient (Wildman–Crippen LogP) is 2.31. The summed E-state index contributed by atoms with van der Waals surface area (Å²) in [4.78, 5) is 22.7. The molecule has 0 atom stereocenters. The van der Waals surface area contributed by atoms with E-state index in [0.717, 1.165) is 0 Å². The fourth-order valence-corrected chi connectivity index (χ4v) is 1.42. The van der Waals surface area contributed by atoms with Gasteiger partial charge in [0.15, 0.2) is 0 Å². The Kier molecular flexibility index (Phi) is 5.91. The van der Waals surface area contributed by atoms with Gasteiger partial charge in [-0.25, -0.2) is 0 Å². The quantitative estimate of drug-likeness (QED) is 0.573. The zero-order valence-electron chi connectivity index (χ0n) is 10.5. The van der Waals surface area contributed by atoms with Gasteiger partial charge in [0.1, 0.15) is 5.75 Å². The van der Waals surface area contributed by atoms with Crippen molar-refractivity contribution < 1.29 is 19.1 Å². The Morgan fingerprint density at radius 2 is 1.94 bits per heavy atom. The smallest absolute Gasteiger partial charge is 0.311 e. The molecule has 0 saturated carbocycles. The normalized spacial score (nSPS) is 9.89. The molecule has 0 amide bonds. The molecule has 0 aliphatic heterocycles. The molecule has 4 nitrogen and oxygen atoms in total. The lowest BCUT2D eigenvalue weighted by Crippen LogP contribution is -2.11. The van der Waals surface area contributed by atoms with Gasteiger partial charge in [-0.15, -0.1) is 0 Å². The molecule has 0 bridgehead atoms. The Morgan fingerprint density at radius 3 is 2.61 bits per heavy atom. The molecule has 1 aromatic carbocycles. The predicted molar refractivity (Wildman–Crippen MR) is 67.0 cm³/mol. The lowest BCUT2D eigenvalue weighted by molar-refractivity contribution is -0.140. The molecular formula is C14H17O4. The third-order valence-corrected chi connectivity index (χ3v) is 2.39. The first-order valence-electron chi connectivity index (χ1n) is 5.82.